The molecule has 3 aliphatic carbocycles. The van der Waals surface area contributed by atoms with Crippen LogP contribution in [0.3, 0.4) is 0 Å². The van der Waals surface area contributed by atoms with Crippen LogP contribution in [0.15, 0.2) is 60.9 Å². The van der Waals surface area contributed by atoms with Gasteiger partial charge in [0.05, 0.1) is 22.6 Å². The number of phenols is 1. The number of aliphatic hydroxyl groups is 1. The number of aromatic hydroxyl groups is 1. The van der Waals surface area contributed by atoms with Gasteiger partial charge in [0.25, 0.3) is 5.91 Å². The Morgan fingerprint density at radius 2 is 1.95 bits per heavy atom. The molecular weight excluding hydrogens is 490 g/mol. The number of piperidine rings is 1. The Morgan fingerprint density at radius 3 is 2.77 bits per heavy atom. The number of hydrogen-bond acceptors (Lipinski definition) is 6. The first kappa shape index (κ1) is 23.5. The van der Waals surface area contributed by atoms with E-state index < -0.39 is 17.1 Å². The lowest BCUT2D eigenvalue weighted by atomic mass is 9.48. The first-order valence-electron chi connectivity index (χ1n) is 14.3. The molecule has 5 aliphatic rings. The number of phenolic OH excluding ortho intramolecular Hbond substituents is 1. The number of amides is 1. The molecular formula is C32H33N3O4. The smallest absolute Gasteiger partial charge is 0.252 e. The number of likely N-dealkylation sites (tertiary alicyclic amines) is 1. The molecule has 3 heterocycles. The number of carbonyl (C=O) groups excluding carboxylic acids is 1. The van der Waals surface area contributed by atoms with Gasteiger partial charge in [0.2, 0.25) is 0 Å². The molecule has 3 fully saturated rings. The van der Waals surface area contributed by atoms with Crippen molar-refractivity contribution in [1.29, 1.82) is 0 Å². The molecule has 2 saturated carbocycles. The summed E-state index contributed by atoms with van der Waals surface area (Å²) in [5, 5.41) is 26.8. The van der Waals surface area contributed by atoms with Gasteiger partial charge in [0.1, 0.15) is 6.10 Å². The lowest BCUT2D eigenvalue weighted by Crippen LogP contribution is -2.78. The lowest BCUT2D eigenvalue weighted by molar-refractivity contribution is -0.191. The van der Waals surface area contributed by atoms with Crippen molar-refractivity contribution in [2.75, 3.05) is 13.1 Å². The van der Waals surface area contributed by atoms with Gasteiger partial charge in [0, 0.05) is 36.1 Å². The molecule has 7 nitrogen and oxygen atoms in total. The zero-order valence-corrected chi connectivity index (χ0v) is 21.8. The fourth-order valence-electron chi connectivity index (χ4n) is 8.32. The Bertz CT molecular complexity index is 1470. The standard InChI is InChI=1S/C32H33N3O4/c36-25-9-8-21-16-26-32(38)12-10-24(34-30(37)22-11-14-33-17-23(22)20-4-2-1-3-5-20)29-31(32,27(21)28(25)39-29)13-15-35(26)18-19-6-7-19/h1-5,8-9,11,14,17,19,24,26,29,36,38H,6-7,10,12-13,15-16,18H2,(H,34,37)/t24-,26-,29+,31+,32-/m1/s1. The van der Waals surface area contributed by atoms with Gasteiger partial charge in [0.15, 0.2) is 11.5 Å². The summed E-state index contributed by atoms with van der Waals surface area (Å²) in [6, 6.07) is 15.0. The van der Waals surface area contributed by atoms with E-state index in [1.54, 1.807) is 24.5 Å². The summed E-state index contributed by atoms with van der Waals surface area (Å²) in [5.41, 5.74) is 2.79. The second kappa shape index (κ2) is 8.29. The third-order valence-electron chi connectivity index (χ3n) is 10.2. The van der Waals surface area contributed by atoms with Crippen molar-refractivity contribution in [1.82, 2.24) is 15.2 Å². The molecule has 3 aromatic rings. The van der Waals surface area contributed by atoms with E-state index in [1.165, 1.54) is 12.8 Å². The number of hydrogen-bond donors (Lipinski definition) is 3. The fourth-order valence-corrected chi connectivity index (χ4v) is 8.32. The maximum absolute atomic E-state index is 13.8. The SMILES string of the molecule is O=C(N[C@@H]1CC[C@@]2(O)[C@H]3Cc4ccc(O)c5c4[C@@]2(CCN3CC2CC2)[C@H]1O5)c1ccncc1-c1ccccc1. The first-order chi connectivity index (χ1) is 19.0. The van der Waals surface area contributed by atoms with Crippen molar-refractivity contribution < 1.29 is 19.7 Å². The highest BCUT2D eigenvalue weighted by Gasteiger charge is 2.73. The number of pyridine rings is 1. The van der Waals surface area contributed by atoms with E-state index >= 15 is 0 Å². The monoisotopic (exact) mass is 523 g/mol. The van der Waals surface area contributed by atoms with E-state index in [-0.39, 0.29) is 23.7 Å². The van der Waals surface area contributed by atoms with Crippen molar-refractivity contribution >= 4 is 5.91 Å². The van der Waals surface area contributed by atoms with Crippen LogP contribution in [0.1, 0.15) is 53.6 Å². The molecule has 1 saturated heterocycles. The maximum Gasteiger partial charge on any atom is 0.252 e. The number of nitrogens with zero attached hydrogens (tertiary/aromatic N) is 2. The molecule has 2 bridgehead atoms. The first-order valence-corrected chi connectivity index (χ1v) is 14.3. The number of aromatic nitrogens is 1. The van der Waals surface area contributed by atoms with Crippen molar-refractivity contribution in [3.63, 3.8) is 0 Å². The largest absolute Gasteiger partial charge is 0.504 e. The van der Waals surface area contributed by atoms with Crippen molar-refractivity contribution in [2.45, 2.75) is 67.7 Å². The van der Waals surface area contributed by atoms with Gasteiger partial charge in [-0.25, -0.2) is 0 Å². The maximum atomic E-state index is 13.8. The summed E-state index contributed by atoms with van der Waals surface area (Å²) in [5.74, 6) is 1.18. The van der Waals surface area contributed by atoms with Crippen LogP contribution in [0.25, 0.3) is 11.1 Å². The van der Waals surface area contributed by atoms with E-state index in [1.807, 2.05) is 36.4 Å². The zero-order chi connectivity index (χ0) is 26.4. The van der Waals surface area contributed by atoms with Crippen LogP contribution in [0.4, 0.5) is 0 Å². The number of carbonyl (C=O) groups is 1. The molecule has 1 amide bonds. The predicted octanol–water partition coefficient (Wildman–Crippen LogP) is 3.82. The molecule has 2 aromatic carbocycles. The molecule has 7 heteroatoms. The fraction of sp³-hybridized carbons (Fsp3) is 0.438. The summed E-state index contributed by atoms with van der Waals surface area (Å²) in [6.07, 6.45) is 8.19. The Labute approximate surface area is 227 Å². The predicted molar refractivity (Wildman–Crippen MR) is 146 cm³/mol. The lowest BCUT2D eigenvalue weighted by Gasteiger charge is -2.64. The van der Waals surface area contributed by atoms with E-state index in [4.69, 9.17) is 4.74 Å². The number of nitrogens with one attached hydrogen (secondary N) is 1. The van der Waals surface area contributed by atoms with E-state index in [2.05, 4.69) is 15.2 Å². The van der Waals surface area contributed by atoms with Gasteiger partial charge in [-0.05, 0) is 74.2 Å². The summed E-state index contributed by atoms with van der Waals surface area (Å²) in [7, 11) is 0. The molecule has 200 valence electrons. The Kier molecular flexibility index (Phi) is 4.99. The Balaban J connectivity index is 1.17. The summed E-state index contributed by atoms with van der Waals surface area (Å²) in [4.78, 5) is 20.6. The summed E-state index contributed by atoms with van der Waals surface area (Å²) < 4.78 is 6.61. The van der Waals surface area contributed by atoms with Gasteiger partial charge in [-0.3, -0.25) is 14.7 Å². The molecule has 1 aromatic heterocycles. The Hall–Kier alpha value is -3.42. The van der Waals surface area contributed by atoms with Gasteiger partial charge in [-0.15, -0.1) is 0 Å². The normalized spacial score (nSPS) is 32.3. The third kappa shape index (κ3) is 3.23. The van der Waals surface area contributed by atoms with Gasteiger partial charge in [-0.1, -0.05) is 36.4 Å². The van der Waals surface area contributed by atoms with Gasteiger partial charge >= 0.3 is 0 Å². The highest BCUT2D eigenvalue weighted by atomic mass is 16.5. The van der Waals surface area contributed by atoms with E-state index in [9.17, 15) is 15.0 Å². The van der Waals surface area contributed by atoms with Crippen LogP contribution < -0.4 is 10.1 Å². The highest BCUT2D eigenvalue weighted by molar-refractivity contribution is 6.00. The quantitative estimate of drug-likeness (QED) is 0.471. The average molecular weight is 524 g/mol. The van der Waals surface area contributed by atoms with Gasteiger partial charge in [-0.2, -0.15) is 0 Å². The molecule has 1 spiro atoms. The molecule has 0 unspecified atom stereocenters. The minimum absolute atomic E-state index is 0.0162. The molecule has 3 N–H and O–H groups in total. The molecule has 0 radical (unpaired) electrons. The topological polar surface area (TPSA) is 94.9 Å². The van der Waals surface area contributed by atoms with Crippen molar-refractivity contribution in [2.24, 2.45) is 5.92 Å². The van der Waals surface area contributed by atoms with Crippen LogP contribution in [0, 0.1) is 5.92 Å². The zero-order valence-electron chi connectivity index (χ0n) is 21.8. The van der Waals surface area contributed by atoms with E-state index in [0.29, 0.717) is 24.2 Å². The summed E-state index contributed by atoms with van der Waals surface area (Å²) in [6.45, 7) is 1.93. The second-order valence-electron chi connectivity index (χ2n) is 12.2. The van der Waals surface area contributed by atoms with Crippen LogP contribution in [0.2, 0.25) is 0 Å². The van der Waals surface area contributed by atoms with Crippen molar-refractivity contribution in [3.8, 4) is 22.6 Å². The van der Waals surface area contributed by atoms with Crippen molar-refractivity contribution in [3.05, 3.63) is 77.6 Å². The highest BCUT2D eigenvalue weighted by Crippen LogP contribution is 2.65. The van der Waals surface area contributed by atoms with Crippen LogP contribution in [-0.4, -0.2) is 62.9 Å². The average Bonchev–Trinajstić information content (AvgIpc) is 3.70. The molecule has 5 atom stereocenters. The Morgan fingerprint density at radius 1 is 1.10 bits per heavy atom. The molecule has 39 heavy (non-hydrogen) atoms. The molecule has 8 rings (SSSR count). The molecule has 2 aliphatic heterocycles. The van der Waals surface area contributed by atoms with Crippen LogP contribution in [0.5, 0.6) is 11.5 Å². The second-order valence-corrected chi connectivity index (χ2v) is 12.2. The minimum Gasteiger partial charge on any atom is -0.504 e. The minimum atomic E-state index is -0.968. The third-order valence-corrected chi connectivity index (χ3v) is 10.2. The van der Waals surface area contributed by atoms with Crippen LogP contribution in [-0.2, 0) is 11.8 Å². The van der Waals surface area contributed by atoms with Gasteiger partial charge < -0.3 is 20.3 Å². The van der Waals surface area contributed by atoms with E-state index in [0.717, 1.165) is 54.1 Å². The summed E-state index contributed by atoms with van der Waals surface area (Å²) >= 11 is 0. The van der Waals surface area contributed by atoms with Crippen LogP contribution >= 0.6 is 0 Å². The number of benzene rings is 2. The number of ether oxygens (including phenoxy) is 1. The number of rotatable bonds is 5.